The number of hydrogen-bond donors (Lipinski definition) is 1. The Hall–Kier alpha value is -0.760. The van der Waals surface area contributed by atoms with E-state index in [9.17, 15) is 0 Å². The van der Waals surface area contributed by atoms with Gasteiger partial charge in [0.05, 0.1) is 5.69 Å². The molecule has 1 aromatic rings. The summed E-state index contributed by atoms with van der Waals surface area (Å²) in [6.07, 6.45) is 12.6. The molecule has 0 atom stereocenters. The predicted octanol–water partition coefficient (Wildman–Crippen LogP) is 5.60. The lowest BCUT2D eigenvalue weighted by Gasteiger charge is -2.08. The van der Waals surface area contributed by atoms with Crippen LogP contribution in [0.1, 0.15) is 63.9 Å². The minimum atomic E-state index is 0.574. The van der Waals surface area contributed by atoms with Gasteiger partial charge >= 0.3 is 0 Å². The second-order valence-corrected chi connectivity index (χ2v) is 5.61. The fourth-order valence-electron chi connectivity index (χ4n) is 2.16. The van der Waals surface area contributed by atoms with Crippen molar-refractivity contribution in [3.05, 3.63) is 23.0 Å². The fourth-order valence-corrected chi connectivity index (χ4v) is 2.33. The fraction of sp³-hybridized carbons (Fsp3) is 0.688. The summed E-state index contributed by atoms with van der Waals surface area (Å²) in [6.45, 7) is 5.28. The maximum absolute atomic E-state index is 6.03. The van der Waals surface area contributed by atoms with Crippen molar-refractivity contribution in [3.63, 3.8) is 0 Å². The van der Waals surface area contributed by atoms with Gasteiger partial charge < -0.3 is 5.32 Å². The van der Waals surface area contributed by atoms with Crippen LogP contribution in [0.25, 0.3) is 0 Å². The number of unbranched alkanes of at least 4 members (excludes halogenated alkanes) is 7. The number of hydrogen-bond acceptors (Lipinski definition) is 2. The summed E-state index contributed by atoms with van der Waals surface area (Å²) < 4.78 is 0. The second kappa shape index (κ2) is 10.1. The lowest BCUT2D eigenvalue weighted by molar-refractivity contribution is 0.581. The van der Waals surface area contributed by atoms with Gasteiger partial charge in [0.25, 0.3) is 0 Å². The Balaban J connectivity index is 2.03. The van der Waals surface area contributed by atoms with Crippen molar-refractivity contribution in [2.24, 2.45) is 0 Å². The summed E-state index contributed by atoms with van der Waals surface area (Å²) in [5.41, 5.74) is 2.10. The van der Waals surface area contributed by atoms with Crippen molar-refractivity contribution in [2.75, 3.05) is 11.9 Å². The van der Waals surface area contributed by atoms with Crippen LogP contribution in [-0.4, -0.2) is 11.5 Å². The molecule has 0 aliphatic carbocycles. The van der Waals surface area contributed by atoms with Crippen LogP contribution in [0.3, 0.4) is 0 Å². The van der Waals surface area contributed by atoms with Crippen LogP contribution >= 0.6 is 11.6 Å². The Labute approximate surface area is 123 Å². The highest BCUT2D eigenvalue weighted by Crippen LogP contribution is 2.19. The van der Waals surface area contributed by atoms with Crippen LogP contribution < -0.4 is 5.32 Å². The van der Waals surface area contributed by atoms with Crippen molar-refractivity contribution in [1.82, 2.24) is 4.98 Å². The van der Waals surface area contributed by atoms with Gasteiger partial charge in [-0.15, -0.1) is 0 Å². The quantitative estimate of drug-likeness (QED) is 0.446. The van der Waals surface area contributed by atoms with Crippen molar-refractivity contribution in [1.29, 1.82) is 0 Å². The summed E-state index contributed by atoms with van der Waals surface area (Å²) in [4.78, 5) is 4.14. The van der Waals surface area contributed by atoms with Crippen LogP contribution in [0.4, 0.5) is 5.69 Å². The molecule has 0 aliphatic rings. The van der Waals surface area contributed by atoms with Crippen LogP contribution in [0.5, 0.6) is 0 Å². The lowest BCUT2D eigenvalue weighted by atomic mass is 10.1. The van der Waals surface area contributed by atoms with E-state index in [1.807, 2.05) is 6.92 Å². The van der Waals surface area contributed by atoms with Crippen molar-refractivity contribution >= 4 is 17.3 Å². The first-order valence-electron chi connectivity index (χ1n) is 7.60. The molecule has 0 bridgehead atoms. The van der Waals surface area contributed by atoms with Crippen LogP contribution in [0.2, 0.25) is 5.15 Å². The zero-order valence-electron chi connectivity index (χ0n) is 12.3. The smallest absolute Gasteiger partial charge is 0.152 e. The van der Waals surface area contributed by atoms with Gasteiger partial charge in [0.15, 0.2) is 5.15 Å². The van der Waals surface area contributed by atoms with Gasteiger partial charge in [-0.25, -0.2) is 4.98 Å². The van der Waals surface area contributed by atoms with Crippen LogP contribution in [0, 0.1) is 6.92 Å². The molecule has 0 fully saturated rings. The molecule has 1 rings (SSSR count). The van der Waals surface area contributed by atoms with E-state index >= 15 is 0 Å². The monoisotopic (exact) mass is 282 g/mol. The summed E-state index contributed by atoms with van der Waals surface area (Å²) in [7, 11) is 0. The molecule has 19 heavy (non-hydrogen) atoms. The van der Waals surface area contributed by atoms with Crippen molar-refractivity contribution in [3.8, 4) is 0 Å². The molecular formula is C16H27ClN2. The van der Waals surface area contributed by atoms with E-state index in [2.05, 4.69) is 23.3 Å². The SMILES string of the molecule is CCCCCCCCCCNc1cc(C)cnc1Cl. The molecule has 0 saturated carbocycles. The van der Waals surface area contributed by atoms with E-state index in [1.54, 1.807) is 6.20 Å². The van der Waals surface area contributed by atoms with Gasteiger partial charge in [-0.2, -0.15) is 0 Å². The zero-order chi connectivity index (χ0) is 13.9. The predicted molar refractivity (Wildman–Crippen MR) is 85.1 cm³/mol. The van der Waals surface area contributed by atoms with E-state index < -0.39 is 0 Å². The molecule has 0 aliphatic heterocycles. The number of rotatable bonds is 10. The van der Waals surface area contributed by atoms with E-state index in [4.69, 9.17) is 11.6 Å². The molecule has 0 amide bonds. The molecule has 0 unspecified atom stereocenters. The van der Waals surface area contributed by atoms with Crippen molar-refractivity contribution in [2.45, 2.75) is 65.2 Å². The second-order valence-electron chi connectivity index (χ2n) is 5.25. The molecular weight excluding hydrogens is 256 g/mol. The number of aromatic nitrogens is 1. The Kier molecular flexibility index (Phi) is 8.64. The highest BCUT2D eigenvalue weighted by Gasteiger charge is 2.00. The third-order valence-corrected chi connectivity index (χ3v) is 3.62. The maximum Gasteiger partial charge on any atom is 0.152 e. The largest absolute Gasteiger partial charge is 0.383 e. The maximum atomic E-state index is 6.03. The Bertz CT molecular complexity index is 353. The minimum Gasteiger partial charge on any atom is -0.383 e. The molecule has 1 heterocycles. The molecule has 0 aromatic carbocycles. The Morgan fingerprint density at radius 2 is 1.68 bits per heavy atom. The topological polar surface area (TPSA) is 24.9 Å². The van der Waals surface area contributed by atoms with E-state index in [1.165, 1.54) is 51.4 Å². The van der Waals surface area contributed by atoms with Gasteiger partial charge in [0.2, 0.25) is 0 Å². The van der Waals surface area contributed by atoms with E-state index in [0.29, 0.717) is 5.15 Å². The highest BCUT2D eigenvalue weighted by atomic mass is 35.5. The molecule has 108 valence electrons. The molecule has 2 nitrogen and oxygen atoms in total. The average Bonchev–Trinajstić information content (AvgIpc) is 2.40. The van der Waals surface area contributed by atoms with E-state index in [0.717, 1.165) is 17.8 Å². The molecule has 3 heteroatoms. The third-order valence-electron chi connectivity index (χ3n) is 3.32. The summed E-state index contributed by atoms with van der Waals surface area (Å²) in [5.74, 6) is 0. The minimum absolute atomic E-state index is 0.574. The lowest BCUT2D eigenvalue weighted by Crippen LogP contribution is -2.03. The molecule has 0 saturated heterocycles. The van der Waals surface area contributed by atoms with Gasteiger partial charge in [-0.05, 0) is 25.0 Å². The van der Waals surface area contributed by atoms with Gasteiger partial charge in [0.1, 0.15) is 0 Å². The first-order chi connectivity index (χ1) is 9.24. The summed E-state index contributed by atoms with van der Waals surface area (Å²) in [6, 6.07) is 2.06. The normalized spacial score (nSPS) is 10.7. The number of halogens is 1. The van der Waals surface area contributed by atoms with Crippen LogP contribution in [0.15, 0.2) is 12.3 Å². The standard InChI is InChI=1S/C16H27ClN2/c1-3-4-5-6-7-8-9-10-11-18-15-12-14(2)13-19-16(15)17/h12-13,18H,3-11H2,1-2H3. The zero-order valence-corrected chi connectivity index (χ0v) is 13.1. The molecule has 1 aromatic heterocycles. The average molecular weight is 283 g/mol. The van der Waals surface area contributed by atoms with Crippen molar-refractivity contribution < 1.29 is 0 Å². The number of anilines is 1. The number of pyridine rings is 1. The number of aryl methyl sites for hydroxylation is 1. The number of nitrogens with zero attached hydrogens (tertiary/aromatic N) is 1. The molecule has 0 spiro atoms. The third kappa shape index (κ3) is 7.41. The highest BCUT2D eigenvalue weighted by molar-refractivity contribution is 6.31. The first-order valence-corrected chi connectivity index (χ1v) is 7.98. The Morgan fingerprint density at radius 3 is 2.37 bits per heavy atom. The summed E-state index contributed by atoms with van der Waals surface area (Å²) >= 11 is 6.03. The number of nitrogens with one attached hydrogen (secondary N) is 1. The first kappa shape index (κ1) is 16.3. The van der Waals surface area contributed by atoms with Crippen LogP contribution in [-0.2, 0) is 0 Å². The van der Waals surface area contributed by atoms with Gasteiger partial charge in [-0.1, -0.05) is 63.5 Å². The van der Waals surface area contributed by atoms with Gasteiger partial charge in [0, 0.05) is 12.7 Å². The van der Waals surface area contributed by atoms with E-state index in [-0.39, 0.29) is 0 Å². The van der Waals surface area contributed by atoms with Gasteiger partial charge in [-0.3, -0.25) is 0 Å². The molecule has 1 N–H and O–H groups in total. The summed E-state index contributed by atoms with van der Waals surface area (Å²) in [5, 5.41) is 3.94. The molecule has 0 radical (unpaired) electrons. The Morgan fingerprint density at radius 1 is 1.05 bits per heavy atom.